The summed E-state index contributed by atoms with van der Waals surface area (Å²) in [5.41, 5.74) is 0. The molecule has 0 spiro atoms. The highest BCUT2D eigenvalue weighted by Crippen LogP contribution is 2.28. The molecule has 0 heterocycles. The highest BCUT2D eigenvalue weighted by Gasteiger charge is 2.49. The zero-order valence-corrected chi connectivity index (χ0v) is 8.07. The third kappa shape index (κ3) is 3.52. The molecule has 0 fully saturated rings. The van der Waals surface area contributed by atoms with Gasteiger partial charge in [0.1, 0.15) is 6.04 Å². The number of halogens is 3. The monoisotopic (exact) mass is 204 g/mol. The summed E-state index contributed by atoms with van der Waals surface area (Å²) in [5.74, 6) is 0. The standard InChI is InChI=1S/C5H11F3O3Si/c1-9-12(10-2,11-3)4-5(6,7)8/h4H2,1-3H3. The predicted molar refractivity (Wildman–Crippen MR) is 37.6 cm³/mol. The summed E-state index contributed by atoms with van der Waals surface area (Å²) in [5, 5.41) is 0. The van der Waals surface area contributed by atoms with E-state index in [1.54, 1.807) is 0 Å². The first-order chi connectivity index (χ1) is 5.39. The Balaban J connectivity index is 4.30. The van der Waals surface area contributed by atoms with Gasteiger partial charge in [-0.25, -0.2) is 0 Å². The van der Waals surface area contributed by atoms with Gasteiger partial charge in [0.2, 0.25) is 0 Å². The van der Waals surface area contributed by atoms with Crippen LogP contribution in [-0.4, -0.2) is 36.3 Å². The van der Waals surface area contributed by atoms with Gasteiger partial charge in [-0.05, 0) is 0 Å². The Morgan fingerprint density at radius 3 is 1.42 bits per heavy atom. The lowest BCUT2D eigenvalue weighted by atomic mass is 10.8. The normalized spacial score (nSPS) is 13.5. The van der Waals surface area contributed by atoms with Crippen molar-refractivity contribution in [3.8, 4) is 0 Å². The van der Waals surface area contributed by atoms with E-state index in [2.05, 4.69) is 13.3 Å². The fourth-order valence-corrected chi connectivity index (χ4v) is 2.14. The molecule has 0 aromatic heterocycles. The molecule has 0 atom stereocenters. The van der Waals surface area contributed by atoms with Gasteiger partial charge in [0.25, 0.3) is 0 Å². The lowest BCUT2D eigenvalue weighted by molar-refractivity contribution is -0.121. The van der Waals surface area contributed by atoms with E-state index in [1.165, 1.54) is 0 Å². The van der Waals surface area contributed by atoms with Crippen LogP contribution in [0.4, 0.5) is 13.2 Å². The van der Waals surface area contributed by atoms with Gasteiger partial charge in [0, 0.05) is 21.3 Å². The molecule has 0 aliphatic rings. The first kappa shape index (κ1) is 11.9. The van der Waals surface area contributed by atoms with Crippen LogP contribution in [0.2, 0.25) is 6.04 Å². The van der Waals surface area contributed by atoms with Crippen LogP contribution in [0, 0.1) is 0 Å². The molecule has 0 bridgehead atoms. The Hall–Kier alpha value is -0.113. The highest BCUT2D eigenvalue weighted by atomic mass is 28.4. The Morgan fingerprint density at radius 1 is 1.00 bits per heavy atom. The zero-order valence-electron chi connectivity index (χ0n) is 7.07. The van der Waals surface area contributed by atoms with Gasteiger partial charge in [-0.15, -0.1) is 0 Å². The van der Waals surface area contributed by atoms with Crippen molar-refractivity contribution < 1.29 is 26.4 Å². The molecule has 0 radical (unpaired) electrons. The van der Waals surface area contributed by atoms with Gasteiger partial charge < -0.3 is 13.3 Å². The molecule has 7 heteroatoms. The van der Waals surface area contributed by atoms with E-state index in [4.69, 9.17) is 0 Å². The summed E-state index contributed by atoms with van der Waals surface area (Å²) >= 11 is 0. The van der Waals surface area contributed by atoms with Crippen LogP contribution < -0.4 is 0 Å². The Morgan fingerprint density at radius 2 is 1.33 bits per heavy atom. The van der Waals surface area contributed by atoms with Crippen molar-refractivity contribution in [1.82, 2.24) is 0 Å². The molecular formula is C5H11F3O3Si. The Bertz CT molecular complexity index is 126. The third-order valence-electron chi connectivity index (χ3n) is 1.35. The van der Waals surface area contributed by atoms with Crippen molar-refractivity contribution in [2.45, 2.75) is 12.2 Å². The summed E-state index contributed by atoms with van der Waals surface area (Å²) < 4.78 is 49.5. The first-order valence-corrected chi connectivity index (χ1v) is 5.04. The van der Waals surface area contributed by atoms with Crippen LogP contribution >= 0.6 is 0 Å². The fourth-order valence-electron chi connectivity index (χ4n) is 0.712. The molecule has 0 aliphatic heterocycles. The van der Waals surface area contributed by atoms with E-state index in [0.29, 0.717) is 0 Å². The predicted octanol–water partition coefficient (Wildman–Crippen LogP) is 1.43. The second kappa shape index (κ2) is 4.22. The maximum Gasteiger partial charge on any atom is 0.509 e. The van der Waals surface area contributed by atoms with Crippen LogP contribution in [-0.2, 0) is 13.3 Å². The molecule has 0 amide bonds. The fraction of sp³-hybridized carbons (Fsp3) is 1.00. The van der Waals surface area contributed by atoms with Crippen molar-refractivity contribution in [3.05, 3.63) is 0 Å². The summed E-state index contributed by atoms with van der Waals surface area (Å²) in [7, 11) is -0.0464. The first-order valence-electron chi connectivity index (χ1n) is 3.11. The summed E-state index contributed by atoms with van der Waals surface area (Å²) in [6, 6.07) is -1.16. The average Bonchev–Trinajstić information content (AvgIpc) is 1.99. The molecule has 0 aromatic carbocycles. The van der Waals surface area contributed by atoms with E-state index < -0.39 is 21.0 Å². The number of alkyl halides is 3. The molecule has 0 aliphatic carbocycles. The molecule has 74 valence electrons. The topological polar surface area (TPSA) is 27.7 Å². The molecule has 0 unspecified atom stereocenters. The smallest absolute Gasteiger partial charge is 0.377 e. The van der Waals surface area contributed by atoms with E-state index >= 15 is 0 Å². The largest absolute Gasteiger partial charge is 0.509 e. The number of rotatable bonds is 4. The molecular weight excluding hydrogens is 193 g/mol. The minimum absolute atomic E-state index is 1.14. The number of hydrogen-bond donors (Lipinski definition) is 0. The molecule has 0 rings (SSSR count). The van der Waals surface area contributed by atoms with E-state index in [9.17, 15) is 13.2 Å². The van der Waals surface area contributed by atoms with Crippen molar-refractivity contribution in [2.75, 3.05) is 21.3 Å². The van der Waals surface area contributed by atoms with Crippen molar-refractivity contribution >= 4 is 8.80 Å². The minimum atomic E-state index is -4.33. The average molecular weight is 204 g/mol. The van der Waals surface area contributed by atoms with E-state index in [-0.39, 0.29) is 0 Å². The second-order valence-electron chi connectivity index (χ2n) is 2.09. The third-order valence-corrected chi connectivity index (χ3v) is 4.05. The summed E-state index contributed by atoms with van der Waals surface area (Å²) in [4.78, 5) is 0. The van der Waals surface area contributed by atoms with Gasteiger partial charge in [-0.3, -0.25) is 0 Å². The zero-order chi connectivity index (χ0) is 9.83. The summed E-state index contributed by atoms with van der Waals surface area (Å²) in [6.07, 6.45) is -4.33. The van der Waals surface area contributed by atoms with Crippen LogP contribution in [0.5, 0.6) is 0 Å². The Labute approximate surface area is 69.8 Å². The van der Waals surface area contributed by atoms with Gasteiger partial charge in [0.05, 0.1) is 0 Å². The number of hydrogen-bond acceptors (Lipinski definition) is 3. The van der Waals surface area contributed by atoms with Gasteiger partial charge in [0.15, 0.2) is 0 Å². The lowest BCUT2D eigenvalue weighted by Gasteiger charge is -2.24. The van der Waals surface area contributed by atoms with Gasteiger partial charge in [-0.2, -0.15) is 13.2 Å². The quantitative estimate of drug-likeness (QED) is 0.648. The second-order valence-corrected chi connectivity index (χ2v) is 5.03. The lowest BCUT2D eigenvalue weighted by Crippen LogP contribution is -2.46. The van der Waals surface area contributed by atoms with Crippen LogP contribution in [0.3, 0.4) is 0 Å². The van der Waals surface area contributed by atoms with Crippen LogP contribution in [0.1, 0.15) is 0 Å². The van der Waals surface area contributed by atoms with Gasteiger partial charge >= 0.3 is 15.0 Å². The van der Waals surface area contributed by atoms with Crippen molar-refractivity contribution in [2.24, 2.45) is 0 Å². The summed E-state index contributed by atoms with van der Waals surface area (Å²) in [6.45, 7) is 0. The van der Waals surface area contributed by atoms with Crippen LogP contribution in [0.25, 0.3) is 0 Å². The van der Waals surface area contributed by atoms with Crippen molar-refractivity contribution in [3.63, 3.8) is 0 Å². The minimum Gasteiger partial charge on any atom is -0.377 e. The SMILES string of the molecule is CO[Si](CC(F)(F)F)(OC)OC. The highest BCUT2D eigenvalue weighted by molar-refractivity contribution is 6.60. The molecule has 0 N–H and O–H groups in total. The molecule has 3 nitrogen and oxygen atoms in total. The van der Waals surface area contributed by atoms with E-state index in [1.807, 2.05) is 0 Å². The van der Waals surface area contributed by atoms with Crippen LogP contribution in [0.15, 0.2) is 0 Å². The van der Waals surface area contributed by atoms with Gasteiger partial charge in [-0.1, -0.05) is 0 Å². The van der Waals surface area contributed by atoms with E-state index in [0.717, 1.165) is 21.3 Å². The maximum atomic E-state index is 11.9. The maximum absolute atomic E-state index is 11.9. The van der Waals surface area contributed by atoms with Crippen molar-refractivity contribution in [1.29, 1.82) is 0 Å². The Kier molecular flexibility index (Phi) is 4.18. The molecule has 0 saturated carbocycles. The molecule has 0 saturated heterocycles. The molecule has 0 aromatic rings. The molecule has 12 heavy (non-hydrogen) atoms.